The molecule has 28 heavy (non-hydrogen) atoms. The van der Waals surface area contributed by atoms with Gasteiger partial charge in [0.2, 0.25) is 5.82 Å². The Balaban J connectivity index is 2.04. The number of fused-ring (bicyclic) bond motifs is 1. The largest absolute Gasteiger partial charge is 0.462 e. The van der Waals surface area contributed by atoms with Gasteiger partial charge in [0.25, 0.3) is 5.91 Å². The zero-order valence-corrected chi connectivity index (χ0v) is 15.1. The number of thiophene rings is 1. The normalized spacial score (nSPS) is 13.2. The van der Waals surface area contributed by atoms with Crippen LogP contribution in [0.15, 0.2) is 0 Å². The third-order valence-electron chi connectivity index (χ3n) is 3.96. The summed E-state index contributed by atoms with van der Waals surface area (Å²) < 4.78 is 77.8. The SMILES string of the molecule is CCOC(=O)c1c(NC(=O)c2c(F)c(F)c(F)c(F)c2F)sc2c1CCOC2. The van der Waals surface area contributed by atoms with Crippen LogP contribution in [0.2, 0.25) is 0 Å². The summed E-state index contributed by atoms with van der Waals surface area (Å²) in [6, 6.07) is 0. The summed E-state index contributed by atoms with van der Waals surface area (Å²) in [7, 11) is 0. The maximum atomic E-state index is 13.9. The van der Waals surface area contributed by atoms with Gasteiger partial charge >= 0.3 is 5.97 Å². The Morgan fingerprint density at radius 1 is 1.04 bits per heavy atom. The molecule has 0 radical (unpaired) electrons. The second-order valence-corrected chi connectivity index (χ2v) is 6.74. The summed E-state index contributed by atoms with van der Waals surface area (Å²) in [6.45, 7) is 2.05. The second kappa shape index (κ2) is 7.84. The fraction of sp³-hybridized carbons (Fsp3) is 0.294. The summed E-state index contributed by atoms with van der Waals surface area (Å²) in [5, 5.41) is 1.94. The minimum absolute atomic E-state index is 0.0256. The number of hydrogen-bond donors (Lipinski definition) is 1. The van der Waals surface area contributed by atoms with Crippen molar-refractivity contribution >= 4 is 28.2 Å². The number of carbonyl (C=O) groups is 2. The van der Waals surface area contributed by atoms with E-state index in [-0.39, 0.29) is 23.8 Å². The maximum Gasteiger partial charge on any atom is 0.341 e. The van der Waals surface area contributed by atoms with Crippen molar-refractivity contribution in [3.63, 3.8) is 0 Å². The molecule has 0 saturated carbocycles. The average molecular weight is 421 g/mol. The van der Waals surface area contributed by atoms with Crippen LogP contribution in [0.1, 0.15) is 38.1 Å². The van der Waals surface area contributed by atoms with Crippen LogP contribution in [-0.2, 0) is 22.5 Å². The summed E-state index contributed by atoms with van der Waals surface area (Å²) in [4.78, 5) is 25.2. The van der Waals surface area contributed by atoms with Crippen LogP contribution < -0.4 is 5.32 Å². The van der Waals surface area contributed by atoms with Gasteiger partial charge in [-0.1, -0.05) is 0 Å². The third-order valence-corrected chi connectivity index (χ3v) is 5.08. The van der Waals surface area contributed by atoms with E-state index in [9.17, 15) is 31.5 Å². The van der Waals surface area contributed by atoms with E-state index in [0.717, 1.165) is 11.3 Å². The molecular weight excluding hydrogens is 409 g/mol. The van der Waals surface area contributed by atoms with Crippen molar-refractivity contribution in [2.24, 2.45) is 0 Å². The zero-order chi connectivity index (χ0) is 20.6. The molecule has 1 aliphatic heterocycles. The highest BCUT2D eigenvalue weighted by Crippen LogP contribution is 2.37. The Hall–Kier alpha value is -2.53. The number of benzene rings is 1. The smallest absolute Gasteiger partial charge is 0.341 e. The van der Waals surface area contributed by atoms with Gasteiger partial charge in [-0.15, -0.1) is 11.3 Å². The summed E-state index contributed by atoms with van der Waals surface area (Å²) >= 11 is 0.898. The highest BCUT2D eigenvalue weighted by atomic mass is 32.1. The molecule has 150 valence electrons. The van der Waals surface area contributed by atoms with Gasteiger partial charge in [0.15, 0.2) is 23.3 Å². The molecular formula is C17H12F5NO4S. The van der Waals surface area contributed by atoms with Crippen LogP contribution in [0.3, 0.4) is 0 Å². The first kappa shape index (κ1) is 20.2. The Morgan fingerprint density at radius 2 is 1.64 bits per heavy atom. The van der Waals surface area contributed by atoms with Crippen LogP contribution in [0.25, 0.3) is 0 Å². The Morgan fingerprint density at radius 3 is 2.25 bits per heavy atom. The number of anilines is 1. The molecule has 0 aliphatic carbocycles. The number of carbonyl (C=O) groups excluding carboxylic acids is 2. The number of ether oxygens (including phenoxy) is 2. The molecule has 0 atom stereocenters. The monoisotopic (exact) mass is 421 g/mol. The van der Waals surface area contributed by atoms with Crippen LogP contribution in [-0.4, -0.2) is 25.1 Å². The first-order chi connectivity index (χ1) is 13.3. The lowest BCUT2D eigenvalue weighted by Gasteiger charge is -2.13. The third kappa shape index (κ3) is 3.35. The molecule has 0 unspecified atom stereocenters. The van der Waals surface area contributed by atoms with E-state index >= 15 is 0 Å². The van der Waals surface area contributed by atoms with Crippen molar-refractivity contribution in [3.8, 4) is 0 Å². The lowest BCUT2D eigenvalue weighted by Crippen LogP contribution is -2.20. The van der Waals surface area contributed by atoms with Crippen molar-refractivity contribution in [2.75, 3.05) is 18.5 Å². The molecule has 2 aromatic rings. The summed E-state index contributed by atoms with van der Waals surface area (Å²) in [5.74, 6) is -13.8. The van der Waals surface area contributed by atoms with Gasteiger partial charge in [0, 0.05) is 4.88 Å². The maximum absolute atomic E-state index is 13.9. The van der Waals surface area contributed by atoms with Crippen molar-refractivity contribution in [1.82, 2.24) is 0 Å². The van der Waals surface area contributed by atoms with Gasteiger partial charge in [0.05, 0.1) is 25.4 Å². The molecule has 0 saturated heterocycles. The lowest BCUT2D eigenvalue weighted by atomic mass is 10.1. The molecule has 0 spiro atoms. The van der Waals surface area contributed by atoms with E-state index < -0.39 is 46.5 Å². The summed E-state index contributed by atoms with van der Waals surface area (Å²) in [5.41, 5.74) is -1.13. The van der Waals surface area contributed by atoms with Crippen LogP contribution in [0, 0.1) is 29.1 Å². The number of halogens is 5. The van der Waals surface area contributed by atoms with Crippen LogP contribution in [0.4, 0.5) is 27.0 Å². The molecule has 11 heteroatoms. The lowest BCUT2D eigenvalue weighted by molar-refractivity contribution is 0.0523. The highest BCUT2D eigenvalue weighted by molar-refractivity contribution is 7.17. The topological polar surface area (TPSA) is 64.6 Å². The molecule has 1 aromatic heterocycles. The Kier molecular flexibility index (Phi) is 5.66. The number of nitrogens with one attached hydrogen (secondary N) is 1. The first-order valence-electron chi connectivity index (χ1n) is 8.00. The average Bonchev–Trinajstić information content (AvgIpc) is 3.03. The molecule has 3 rings (SSSR count). The van der Waals surface area contributed by atoms with Crippen molar-refractivity contribution in [1.29, 1.82) is 0 Å². The van der Waals surface area contributed by atoms with Crippen LogP contribution >= 0.6 is 11.3 Å². The first-order valence-corrected chi connectivity index (χ1v) is 8.81. The minimum atomic E-state index is -2.37. The van der Waals surface area contributed by atoms with E-state index in [4.69, 9.17) is 9.47 Å². The molecule has 0 fully saturated rings. The molecule has 5 nitrogen and oxygen atoms in total. The Bertz CT molecular complexity index is 946. The number of rotatable bonds is 4. The molecule has 1 aliphatic rings. The van der Waals surface area contributed by atoms with Gasteiger partial charge < -0.3 is 14.8 Å². The highest BCUT2D eigenvalue weighted by Gasteiger charge is 2.32. The van der Waals surface area contributed by atoms with Gasteiger partial charge in [-0.2, -0.15) is 0 Å². The summed E-state index contributed by atoms with van der Waals surface area (Å²) in [6.07, 6.45) is 0.332. The molecule has 1 N–H and O–H groups in total. The van der Waals surface area contributed by atoms with Crippen molar-refractivity contribution < 1.29 is 41.0 Å². The zero-order valence-electron chi connectivity index (χ0n) is 14.3. The second-order valence-electron chi connectivity index (χ2n) is 5.63. The molecule has 2 heterocycles. The standard InChI is InChI=1S/C17H12F5NO4S/c1-2-27-17(25)8-6-3-4-26-5-7(6)28-16(8)23-15(24)9-10(18)12(20)14(22)13(21)11(9)19/h2-5H2,1H3,(H,23,24). The van der Waals surface area contributed by atoms with E-state index in [1.807, 2.05) is 0 Å². The van der Waals surface area contributed by atoms with Crippen LogP contribution in [0.5, 0.6) is 0 Å². The predicted molar refractivity (Wildman–Crippen MR) is 87.8 cm³/mol. The van der Waals surface area contributed by atoms with Gasteiger partial charge in [-0.25, -0.2) is 26.7 Å². The quantitative estimate of drug-likeness (QED) is 0.352. The molecule has 1 amide bonds. The Labute approximate surface area is 159 Å². The van der Waals surface area contributed by atoms with Gasteiger partial charge in [-0.05, 0) is 18.9 Å². The van der Waals surface area contributed by atoms with E-state index in [1.54, 1.807) is 6.92 Å². The molecule has 1 aromatic carbocycles. The fourth-order valence-corrected chi connectivity index (χ4v) is 3.88. The molecule has 0 bridgehead atoms. The van der Waals surface area contributed by atoms with Gasteiger partial charge in [0.1, 0.15) is 10.6 Å². The number of esters is 1. The van der Waals surface area contributed by atoms with E-state index in [0.29, 0.717) is 23.5 Å². The van der Waals surface area contributed by atoms with E-state index in [2.05, 4.69) is 5.32 Å². The van der Waals surface area contributed by atoms with E-state index in [1.165, 1.54) is 0 Å². The number of amides is 1. The fourth-order valence-electron chi connectivity index (χ4n) is 2.71. The van der Waals surface area contributed by atoms with Gasteiger partial charge in [-0.3, -0.25) is 4.79 Å². The minimum Gasteiger partial charge on any atom is -0.462 e. The predicted octanol–water partition coefficient (Wildman–Crippen LogP) is 3.95. The van der Waals surface area contributed by atoms with Crippen molar-refractivity contribution in [2.45, 2.75) is 20.0 Å². The number of hydrogen-bond acceptors (Lipinski definition) is 5. The van der Waals surface area contributed by atoms with Crippen molar-refractivity contribution in [3.05, 3.63) is 50.7 Å².